The predicted molar refractivity (Wildman–Crippen MR) is 122 cm³/mol. The van der Waals surface area contributed by atoms with Gasteiger partial charge in [0.15, 0.2) is 0 Å². The van der Waals surface area contributed by atoms with Gasteiger partial charge in [0.25, 0.3) is 5.91 Å². The molecule has 5 heteroatoms. The van der Waals surface area contributed by atoms with Crippen LogP contribution in [0.3, 0.4) is 0 Å². The Morgan fingerprint density at radius 1 is 0.968 bits per heavy atom. The standard InChI is InChI=1S/C26H28N2O3/c1-18-14-22(19-9-11-23(30-2)12-10-19)16-25(27-18)21-7-5-13-28(17-21)26(29)20-6-4-8-24(15-20)31-3/h4,6,8-12,14-16,21H,5,7,13,17H2,1-3H3/t21-/m0/s1. The van der Waals surface area contributed by atoms with Crippen LogP contribution in [0.15, 0.2) is 60.7 Å². The Labute approximate surface area is 183 Å². The number of hydrogen-bond acceptors (Lipinski definition) is 4. The van der Waals surface area contributed by atoms with Gasteiger partial charge >= 0.3 is 0 Å². The van der Waals surface area contributed by atoms with E-state index in [0.717, 1.165) is 47.7 Å². The van der Waals surface area contributed by atoms with Crippen molar-refractivity contribution in [3.8, 4) is 22.6 Å². The molecule has 3 aromatic rings. The minimum atomic E-state index is 0.0478. The lowest BCUT2D eigenvalue weighted by molar-refractivity contribution is 0.0705. The summed E-state index contributed by atoms with van der Waals surface area (Å²) < 4.78 is 10.6. The fourth-order valence-electron chi connectivity index (χ4n) is 4.20. The summed E-state index contributed by atoms with van der Waals surface area (Å²) >= 11 is 0. The summed E-state index contributed by atoms with van der Waals surface area (Å²) in [6.07, 6.45) is 1.99. The van der Waals surface area contributed by atoms with Crippen LogP contribution in [0.4, 0.5) is 0 Å². The number of carbonyl (C=O) groups is 1. The van der Waals surface area contributed by atoms with Crippen LogP contribution >= 0.6 is 0 Å². The molecule has 0 aliphatic carbocycles. The van der Waals surface area contributed by atoms with Crippen molar-refractivity contribution in [2.45, 2.75) is 25.7 Å². The Morgan fingerprint density at radius 3 is 2.48 bits per heavy atom. The lowest BCUT2D eigenvalue weighted by atomic mass is 9.91. The van der Waals surface area contributed by atoms with Crippen molar-refractivity contribution in [2.24, 2.45) is 0 Å². The average Bonchev–Trinajstić information content (AvgIpc) is 2.83. The van der Waals surface area contributed by atoms with Crippen LogP contribution in [0.2, 0.25) is 0 Å². The molecule has 1 amide bonds. The summed E-state index contributed by atoms with van der Waals surface area (Å²) in [7, 11) is 3.29. The molecule has 0 unspecified atom stereocenters. The molecular weight excluding hydrogens is 388 g/mol. The van der Waals surface area contributed by atoms with Crippen LogP contribution in [0.25, 0.3) is 11.1 Å². The first-order chi connectivity index (χ1) is 15.1. The number of likely N-dealkylation sites (tertiary alicyclic amines) is 1. The number of hydrogen-bond donors (Lipinski definition) is 0. The highest BCUT2D eigenvalue weighted by atomic mass is 16.5. The smallest absolute Gasteiger partial charge is 0.254 e. The Balaban J connectivity index is 1.56. The molecule has 1 aliphatic heterocycles. The first-order valence-corrected chi connectivity index (χ1v) is 10.6. The number of piperidine rings is 1. The number of aryl methyl sites for hydroxylation is 1. The molecule has 31 heavy (non-hydrogen) atoms. The molecule has 1 saturated heterocycles. The Hall–Kier alpha value is -3.34. The minimum Gasteiger partial charge on any atom is -0.497 e. The molecule has 0 spiro atoms. The van der Waals surface area contributed by atoms with E-state index in [2.05, 4.69) is 24.3 Å². The Kier molecular flexibility index (Phi) is 6.21. The number of rotatable bonds is 5. The Morgan fingerprint density at radius 2 is 1.74 bits per heavy atom. The summed E-state index contributed by atoms with van der Waals surface area (Å²) in [6.45, 7) is 3.47. The fraction of sp³-hybridized carbons (Fsp3) is 0.308. The second kappa shape index (κ2) is 9.21. The first kappa shape index (κ1) is 20.9. The van der Waals surface area contributed by atoms with Crippen molar-refractivity contribution < 1.29 is 14.3 Å². The molecule has 0 bridgehead atoms. The number of benzene rings is 2. The van der Waals surface area contributed by atoms with Gasteiger partial charge in [0.1, 0.15) is 11.5 Å². The molecule has 1 atom stereocenters. The van der Waals surface area contributed by atoms with Gasteiger partial charge in [-0.3, -0.25) is 9.78 Å². The van der Waals surface area contributed by atoms with Crippen LogP contribution in [-0.4, -0.2) is 43.1 Å². The number of pyridine rings is 1. The lowest BCUT2D eigenvalue weighted by Gasteiger charge is -2.33. The van der Waals surface area contributed by atoms with Crippen molar-refractivity contribution in [3.05, 3.63) is 77.6 Å². The zero-order valence-electron chi connectivity index (χ0n) is 18.3. The molecule has 2 heterocycles. The summed E-state index contributed by atoms with van der Waals surface area (Å²) in [5, 5.41) is 0. The summed E-state index contributed by atoms with van der Waals surface area (Å²) in [5.74, 6) is 1.81. The third-order valence-electron chi connectivity index (χ3n) is 5.84. The molecule has 1 aliphatic rings. The minimum absolute atomic E-state index is 0.0478. The normalized spacial score (nSPS) is 16.1. The molecule has 1 fully saturated rings. The maximum atomic E-state index is 13.1. The Bertz CT molecular complexity index is 1060. The van der Waals surface area contributed by atoms with Gasteiger partial charge in [0.2, 0.25) is 0 Å². The fourth-order valence-corrected chi connectivity index (χ4v) is 4.20. The van der Waals surface area contributed by atoms with Gasteiger partial charge in [-0.05, 0) is 73.4 Å². The van der Waals surface area contributed by atoms with Crippen LogP contribution in [-0.2, 0) is 0 Å². The third-order valence-corrected chi connectivity index (χ3v) is 5.84. The van der Waals surface area contributed by atoms with E-state index >= 15 is 0 Å². The van der Waals surface area contributed by atoms with Crippen LogP contribution in [0, 0.1) is 6.92 Å². The zero-order chi connectivity index (χ0) is 21.8. The predicted octanol–water partition coefficient (Wildman–Crippen LogP) is 5.09. The van der Waals surface area contributed by atoms with Crippen molar-refractivity contribution in [1.82, 2.24) is 9.88 Å². The molecular formula is C26H28N2O3. The van der Waals surface area contributed by atoms with Crippen LogP contribution < -0.4 is 9.47 Å². The number of methoxy groups -OCH3 is 2. The van der Waals surface area contributed by atoms with Gasteiger partial charge in [-0.2, -0.15) is 0 Å². The topological polar surface area (TPSA) is 51.7 Å². The van der Waals surface area contributed by atoms with E-state index in [4.69, 9.17) is 14.5 Å². The molecule has 2 aromatic carbocycles. The molecule has 0 radical (unpaired) electrons. The van der Waals surface area contributed by atoms with Gasteiger partial charge in [-0.15, -0.1) is 0 Å². The summed E-state index contributed by atoms with van der Waals surface area (Å²) in [4.78, 5) is 19.9. The summed E-state index contributed by atoms with van der Waals surface area (Å²) in [5.41, 5.74) is 4.97. The zero-order valence-corrected chi connectivity index (χ0v) is 18.3. The maximum absolute atomic E-state index is 13.1. The van der Waals surface area contributed by atoms with E-state index in [1.54, 1.807) is 20.3 Å². The number of amides is 1. The van der Waals surface area contributed by atoms with Crippen molar-refractivity contribution in [2.75, 3.05) is 27.3 Å². The quantitative estimate of drug-likeness (QED) is 0.581. The monoisotopic (exact) mass is 416 g/mol. The highest BCUT2D eigenvalue weighted by molar-refractivity contribution is 5.94. The number of nitrogens with zero attached hydrogens (tertiary/aromatic N) is 2. The van der Waals surface area contributed by atoms with Gasteiger partial charge in [-0.25, -0.2) is 0 Å². The van der Waals surface area contributed by atoms with Crippen molar-refractivity contribution in [1.29, 1.82) is 0 Å². The second-order valence-corrected chi connectivity index (χ2v) is 7.97. The molecule has 0 saturated carbocycles. The molecule has 4 rings (SSSR count). The van der Waals surface area contributed by atoms with E-state index < -0.39 is 0 Å². The van der Waals surface area contributed by atoms with Gasteiger partial charge in [0, 0.05) is 36.0 Å². The highest BCUT2D eigenvalue weighted by Crippen LogP contribution is 2.31. The second-order valence-electron chi connectivity index (χ2n) is 7.97. The van der Waals surface area contributed by atoms with Crippen LogP contribution in [0.1, 0.15) is 40.5 Å². The summed E-state index contributed by atoms with van der Waals surface area (Å²) in [6, 6.07) is 19.7. The van der Waals surface area contributed by atoms with E-state index in [0.29, 0.717) is 17.9 Å². The molecule has 5 nitrogen and oxygen atoms in total. The first-order valence-electron chi connectivity index (χ1n) is 10.6. The SMILES string of the molecule is COc1ccc(-c2cc(C)nc([C@H]3CCCN(C(=O)c4cccc(OC)c4)C3)c2)cc1. The number of aromatic nitrogens is 1. The number of ether oxygens (including phenoxy) is 2. The van der Waals surface area contributed by atoms with Crippen molar-refractivity contribution in [3.63, 3.8) is 0 Å². The van der Waals surface area contributed by atoms with E-state index in [9.17, 15) is 4.79 Å². The molecule has 0 N–H and O–H groups in total. The molecule has 160 valence electrons. The third kappa shape index (κ3) is 4.71. The van der Waals surface area contributed by atoms with E-state index in [1.807, 2.05) is 42.2 Å². The average molecular weight is 417 g/mol. The largest absolute Gasteiger partial charge is 0.497 e. The van der Waals surface area contributed by atoms with E-state index in [1.165, 1.54) is 0 Å². The highest BCUT2D eigenvalue weighted by Gasteiger charge is 2.27. The molecule has 1 aromatic heterocycles. The maximum Gasteiger partial charge on any atom is 0.254 e. The van der Waals surface area contributed by atoms with Gasteiger partial charge in [-0.1, -0.05) is 18.2 Å². The van der Waals surface area contributed by atoms with Gasteiger partial charge in [0.05, 0.1) is 14.2 Å². The van der Waals surface area contributed by atoms with E-state index in [-0.39, 0.29) is 11.8 Å². The van der Waals surface area contributed by atoms with Crippen molar-refractivity contribution >= 4 is 5.91 Å². The lowest BCUT2D eigenvalue weighted by Crippen LogP contribution is -2.39. The van der Waals surface area contributed by atoms with Crippen LogP contribution in [0.5, 0.6) is 11.5 Å². The number of carbonyl (C=O) groups excluding carboxylic acids is 1. The van der Waals surface area contributed by atoms with Gasteiger partial charge < -0.3 is 14.4 Å².